The lowest BCUT2D eigenvalue weighted by Crippen LogP contribution is -2.30. The maximum atomic E-state index is 12.4. The molecule has 0 radical (unpaired) electrons. The van der Waals surface area contributed by atoms with Crippen molar-refractivity contribution in [2.75, 3.05) is 25.0 Å². The number of aryl methyl sites for hydroxylation is 2. The summed E-state index contributed by atoms with van der Waals surface area (Å²) in [6, 6.07) is 17.8. The third kappa shape index (κ3) is 4.39. The van der Waals surface area contributed by atoms with Gasteiger partial charge >= 0.3 is 5.69 Å². The summed E-state index contributed by atoms with van der Waals surface area (Å²) in [5.41, 5.74) is 2.82. The highest BCUT2D eigenvalue weighted by Gasteiger charge is 2.11. The number of fused-ring (bicyclic) bond motifs is 1. The van der Waals surface area contributed by atoms with E-state index in [2.05, 4.69) is 22.3 Å². The summed E-state index contributed by atoms with van der Waals surface area (Å²) in [7, 11) is 3.80. The van der Waals surface area contributed by atoms with Crippen molar-refractivity contribution in [2.45, 2.75) is 19.4 Å². The van der Waals surface area contributed by atoms with Crippen LogP contribution in [0.25, 0.3) is 11.0 Å². The second-order valence-corrected chi connectivity index (χ2v) is 6.69. The Bertz CT molecular complexity index is 959. The lowest BCUT2D eigenvalue weighted by molar-refractivity contribution is -0.121. The quantitative estimate of drug-likeness (QED) is 0.623. The van der Waals surface area contributed by atoms with Gasteiger partial charge in [0.05, 0.1) is 11.0 Å². The van der Waals surface area contributed by atoms with Crippen LogP contribution in [0.5, 0.6) is 0 Å². The van der Waals surface area contributed by atoms with Gasteiger partial charge in [0.15, 0.2) is 0 Å². The van der Waals surface area contributed by atoms with E-state index < -0.39 is 0 Å². The van der Waals surface area contributed by atoms with Gasteiger partial charge in [0.25, 0.3) is 0 Å². The SMILES string of the molecule is CN(CCCNC(=O)CCn1c(=O)n(C)c2ccccc21)c1ccccc1. The summed E-state index contributed by atoms with van der Waals surface area (Å²) in [5.74, 6) is -0.0304. The minimum Gasteiger partial charge on any atom is -0.375 e. The summed E-state index contributed by atoms with van der Waals surface area (Å²) < 4.78 is 3.28. The number of carbonyl (C=O) groups excluding carboxylic acids is 1. The van der Waals surface area contributed by atoms with Crippen LogP contribution in [0.15, 0.2) is 59.4 Å². The lowest BCUT2D eigenvalue weighted by Gasteiger charge is -2.19. The molecule has 1 heterocycles. The largest absolute Gasteiger partial charge is 0.375 e. The molecule has 6 nitrogen and oxygen atoms in total. The van der Waals surface area contributed by atoms with E-state index in [4.69, 9.17) is 0 Å². The molecule has 1 amide bonds. The fraction of sp³-hybridized carbons (Fsp3) is 0.333. The van der Waals surface area contributed by atoms with Crippen LogP contribution in [-0.2, 0) is 18.4 Å². The molecular formula is C21H26N4O2. The Hall–Kier alpha value is -3.02. The molecule has 1 N–H and O–H groups in total. The predicted molar refractivity (Wildman–Crippen MR) is 109 cm³/mol. The highest BCUT2D eigenvalue weighted by atomic mass is 16.2. The van der Waals surface area contributed by atoms with Crippen molar-refractivity contribution in [3.05, 3.63) is 65.1 Å². The van der Waals surface area contributed by atoms with Crippen molar-refractivity contribution >= 4 is 22.6 Å². The van der Waals surface area contributed by atoms with E-state index in [1.807, 2.05) is 49.5 Å². The maximum Gasteiger partial charge on any atom is 0.328 e. The van der Waals surface area contributed by atoms with Gasteiger partial charge in [-0.25, -0.2) is 4.79 Å². The molecule has 142 valence electrons. The van der Waals surface area contributed by atoms with Crippen LogP contribution >= 0.6 is 0 Å². The Morgan fingerprint density at radius 2 is 1.70 bits per heavy atom. The second kappa shape index (κ2) is 8.58. The van der Waals surface area contributed by atoms with E-state index in [0.717, 1.165) is 24.0 Å². The standard InChI is InChI=1S/C21H26N4O2/c1-23(17-9-4-3-5-10-17)15-8-14-22-20(26)13-16-25-19-12-7-6-11-18(19)24(2)21(25)27/h3-7,9-12H,8,13-16H2,1-2H3,(H,22,26). The fourth-order valence-corrected chi connectivity index (χ4v) is 3.24. The average Bonchev–Trinajstić information content (AvgIpc) is 2.94. The zero-order chi connectivity index (χ0) is 19.2. The predicted octanol–water partition coefficient (Wildman–Crippen LogP) is 2.37. The first-order valence-electron chi connectivity index (χ1n) is 9.25. The van der Waals surface area contributed by atoms with E-state index in [9.17, 15) is 9.59 Å². The van der Waals surface area contributed by atoms with Gasteiger partial charge in [0, 0.05) is 45.8 Å². The molecule has 6 heteroatoms. The second-order valence-electron chi connectivity index (χ2n) is 6.69. The third-order valence-electron chi connectivity index (χ3n) is 4.80. The van der Waals surface area contributed by atoms with E-state index in [1.165, 1.54) is 5.69 Å². The average molecular weight is 366 g/mol. The van der Waals surface area contributed by atoms with Gasteiger partial charge in [-0.05, 0) is 30.7 Å². The molecule has 0 saturated heterocycles. The first-order valence-corrected chi connectivity index (χ1v) is 9.25. The van der Waals surface area contributed by atoms with Gasteiger partial charge in [0.1, 0.15) is 0 Å². The first kappa shape index (κ1) is 18.8. The Kier molecular flexibility index (Phi) is 5.96. The van der Waals surface area contributed by atoms with Crippen LogP contribution in [-0.4, -0.2) is 35.2 Å². The molecule has 3 aromatic rings. The van der Waals surface area contributed by atoms with Crippen molar-refractivity contribution in [3.63, 3.8) is 0 Å². The molecule has 0 atom stereocenters. The van der Waals surface area contributed by atoms with Gasteiger partial charge in [-0.1, -0.05) is 30.3 Å². The first-order chi connectivity index (χ1) is 13.1. The number of amides is 1. The topological polar surface area (TPSA) is 59.3 Å². The zero-order valence-corrected chi connectivity index (χ0v) is 15.9. The number of aromatic nitrogens is 2. The van der Waals surface area contributed by atoms with Gasteiger partial charge in [-0.2, -0.15) is 0 Å². The van der Waals surface area contributed by atoms with Gasteiger partial charge in [-0.3, -0.25) is 13.9 Å². The van der Waals surface area contributed by atoms with Gasteiger partial charge < -0.3 is 10.2 Å². The van der Waals surface area contributed by atoms with Crippen LogP contribution in [0.1, 0.15) is 12.8 Å². The van der Waals surface area contributed by atoms with Crippen molar-refractivity contribution < 1.29 is 4.79 Å². The van der Waals surface area contributed by atoms with Crippen LogP contribution < -0.4 is 15.9 Å². The van der Waals surface area contributed by atoms with E-state index >= 15 is 0 Å². The van der Waals surface area contributed by atoms with Crippen molar-refractivity contribution in [1.29, 1.82) is 0 Å². The number of hydrogen-bond acceptors (Lipinski definition) is 3. The summed E-state index contributed by atoms with van der Waals surface area (Å²) in [6.07, 6.45) is 1.16. The third-order valence-corrected chi connectivity index (χ3v) is 4.80. The lowest BCUT2D eigenvalue weighted by atomic mass is 10.3. The summed E-state index contributed by atoms with van der Waals surface area (Å²) in [4.78, 5) is 26.7. The number of imidazole rings is 1. The van der Waals surface area contributed by atoms with Crippen molar-refractivity contribution in [3.8, 4) is 0 Å². The van der Waals surface area contributed by atoms with E-state index in [1.54, 1.807) is 16.2 Å². The normalized spacial score (nSPS) is 10.9. The highest BCUT2D eigenvalue weighted by Crippen LogP contribution is 2.12. The molecule has 0 aliphatic rings. The molecule has 1 aromatic heterocycles. The Balaban J connectivity index is 1.46. The molecule has 2 aromatic carbocycles. The molecule has 0 saturated carbocycles. The number of para-hydroxylation sites is 3. The maximum absolute atomic E-state index is 12.4. The number of hydrogen-bond donors (Lipinski definition) is 1. The Morgan fingerprint density at radius 1 is 1.04 bits per heavy atom. The van der Waals surface area contributed by atoms with E-state index in [-0.39, 0.29) is 11.6 Å². The monoisotopic (exact) mass is 366 g/mol. The molecular weight excluding hydrogens is 340 g/mol. The number of carbonyl (C=O) groups is 1. The number of rotatable bonds is 8. The van der Waals surface area contributed by atoms with Crippen LogP contribution in [0, 0.1) is 0 Å². The minimum absolute atomic E-state index is 0.0304. The molecule has 0 unspecified atom stereocenters. The summed E-state index contributed by atoms with van der Waals surface area (Å²) in [5, 5.41) is 2.95. The molecule has 0 aliphatic heterocycles. The van der Waals surface area contributed by atoms with E-state index in [0.29, 0.717) is 19.5 Å². The molecule has 0 bridgehead atoms. The number of nitrogens with one attached hydrogen (secondary N) is 1. The number of anilines is 1. The molecule has 0 aliphatic carbocycles. The van der Waals surface area contributed by atoms with Gasteiger partial charge in [0.2, 0.25) is 5.91 Å². The zero-order valence-electron chi connectivity index (χ0n) is 15.9. The van der Waals surface area contributed by atoms with Crippen LogP contribution in [0.4, 0.5) is 5.69 Å². The molecule has 0 spiro atoms. The van der Waals surface area contributed by atoms with Crippen LogP contribution in [0.2, 0.25) is 0 Å². The molecule has 27 heavy (non-hydrogen) atoms. The summed E-state index contributed by atoms with van der Waals surface area (Å²) >= 11 is 0. The van der Waals surface area contributed by atoms with Crippen LogP contribution in [0.3, 0.4) is 0 Å². The Morgan fingerprint density at radius 3 is 2.44 bits per heavy atom. The highest BCUT2D eigenvalue weighted by molar-refractivity contribution is 5.77. The minimum atomic E-state index is -0.0894. The fourth-order valence-electron chi connectivity index (χ4n) is 3.24. The smallest absolute Gasteiger partial charge is 0.328 e. The Labute approximate surface area is 159 Å². The van der Waals surface area contributed by atoms with Crippen molar-refractivity contribution in [1.82, 2.24) is 14.5 Å². The van der Waals surface area contributed by atoms with Crippen molar-refractivity contribution in [2.24, 2.45) is 7.05 Å². The number of benzene rings is 2. The van der Waals surface area contributed by atoms with Gasteiger partial charge in [-0.15, -0.1) is 0 Å². The summed E-state index contributed by atoms with van der Waals surface area (Å²) in [6.45, 7) is 1.88. The molecule has 0 fully saturated rings. The number of nitrogens with zero attached hydrogens (tertiary/aromatic N) is 3. The molecule has 3 rings (SSSR count).